The van der Waals surface area contributed by atoms with Crippen LogP contribution < -0.4 is 24.8 Å². The van der Waals surface area contributed by atoms with Gasteiger partial charge in [0.05, 0.1) is 27.0 Å². The van der Waals surface area contributed by atoms with E-state index in [4.69, 9.17) is 14.2 Å². The first kappa shape index (κ1) is 15.5. The van der Waals surface area contributed by atoms with Crippen LogP contribution in [0.3, 0.4) is 0 Å². The van der Waals surface area contributed by atoms with E-state index in [0.29, 0.717) is 0 Å². The van der Waals surface area contributed by atoms with Crippen LogP contribution in [0.2, 0.25) is 0 Å². The topological polar surface area (TPSA) is 51.8 Å². The molecule has 0 fully saturated rings. The zero-order valence-corrected chi connectivity index (χ0v) is 13.7. The van der Waals surface area contributed by atoms with E-state index in [1.54, 1.807) is 21.3 Å². The van der Waals surface area contributed by atoms with Crippen molar-refractivity contribution in [1.82, 2.24) is 5.32 Å². The summed E-state index contributed by atoms with van der Waals surface area (Å²) in [6, 6.07) is 9.90. The van der Waals surface area contributed by atoms with Crippen molar-refractivity contribution in [2.75, 3.05) is 33.2 Å². The van der Waals surface area contributed by atoms with Gasteiger partial charge in [0.25, 0.3) is 0 Å². The molecular formula is C18H22N2O3. The Kier molecular flexibility index (Phi) is 4.57. The SMILES string of the molecule is COc1ccc(Nc2c3c(cc(OC)c2OC)CNCC3)cc1. The van der Waals surface area contributed by atoms with E-state index >= 15 is 0 Å². The predicted octanol–water partition coefficient (Wildman–Crippen LogP) is 3.10. The molecule has 0 amide bonds. The normalized spacial score (nSPS) is 13.2. The van der Waals surface area contributed by atoms with Crippen LogP contribution in [0, 0.1) is 0 Å². The third kappa shape index (κ3) is 3.05. The Morgan fingerprint density at radius 2 is 1.78 bits per heavy atom. The number of fused-ring (bicyclic) bond motifs is 1. The van der Waals surface area contributed by atoms with Gasteiger partial charge in [0.2, 0.25) is 0 Å². The van der Waals surface area contributed by atoms with E-state index in [1.807, 2.05) is 24.3 Å². The monoisotopic (exact) mass is 314 g/mol. The quantitative estimate of drug-likeness (QED) is 0.888. The standard InChI is InChI=1S/C18H22N2O3/c1-21-14-6-4-13(5-7-14)20-17-15-8-9-19-11-12(15)10-16(22-2)18(17)23-3/h4-7,10,19-20H,8-9,11H2,1-3H3. The molecule has 0 aliphatic carbocycles. The van der Waals surface area contributed by atoms with Gasteiger partial charge in [-0.15, -0.1) is 0 Å². The molecule has 5 nitrogen and oxygen atoms in total. The summed E-state index contributed by atoms with van der Waals surface area (Å²) in [5, 5.41) is 6.88. The molecule has 2 N–H and O–H groups in total. The highest BCUT2D eigenvalue weighted by atomic mass is 16.5. The van der Waals surface area contributed by atoms with Crippen molar-refractivity contribution < 1.29 is 14.2 Å². The summed E-state index contributed by atoms with van der Waals surface area (Å²) in [4.78, 5) is 0. The van der Waals surface area contributed by atoms with Crippen LogP contribution in [0.15, 0.2) is 30.3 Å². The van der Waals surface area contributed by atoms with E-state index in [-0.39, 0.29) is 0 Å². The molecule has 0 spiro atoms. The second-order valence-corrected chi connectivity index (χ2v) is 5.41. The fraction of sp³-hybridized carbons (Fsp3) is 0.333. The van der Waals surface area contributed by atoms with E-state index in [1.165, 1.54) is 11.1 Å². The minimum Gasteiger partial charge on any atom is -0.497 e. The van der Waals surface area contributed by atoms with E-state index < -0.39 is 0 Å². The minimum atomic E-state index is 0.740. The summed E-state index contributed by atoms with van der Waals surface area (Å²) in [5.74, 6) is 2.31. The van der Waals surface area contributed by atoms with Crippen molar-refractivity contribution >= 4 is 11.4 Å². The van der Waals surface area contributed by atoms with Gasteiger partial charge in [-0.25, -0.2) is 0 Å². The molecule has 2 aromatic rings. The molecule has 0 unspecified atom stereocenters. The molecule has 0 bridgehead atoms. The molecule has 5 heteroatoms. The molecule has 1 aliphatic heterocycles. The number of hydrogen-bond donors (Lipinski definition) is 2. The first-order valence-corrected chi connectivity index (χ1v) is 7.65. The lowest BCUT2D eigenvalue weighted by Crippen LogP contribution is -2.24. The van der Waals surface area contributed by atoms with Gasteiger partial charge in [0.15, 0.2) is 11.5 Å². The van der Waals surface area contributed by atoms with Crippen molar-refractivity contribution in [3.63, 3.8) is 0 Å². The molecule has 0 radical (unpaired) electrons. The first-order chi connectivity index (χ1) is 11.3. The first-order valence-electron chi connectivity index (χ1n) is 7.65. The Labute approximate surface area is 136 Å². The van der Waals surface area contributed by atoms with E-state index in [2.05, 4.69) is 16.7 Å². The van der Waals surface area contributed by atoms with Gasteiger partial charge in [0.1, 0.15) is 5.75 Å². The van der Waals surface area contributed by atoms with Gasteiger partial charge in [0, 0.05) is 12.2 Å². The Hall–Kier alpha value is -2.40. The molecule has 3 rings (SSSR count). The van der Waals surface area contributed by atoms with Crippen LogP contribution in [0.5, 0.6) is 17.2 Å². The average molecular weight is 314 g/mol. The third-order valence-electron chi connectivity index (χ3n) is 4.10. The van der Waals surface area contributed by atoms with Crippen LogP contribution in [0.25, 0.3) is 0 Å². The number of hydrogen-bond acceptors (Lipinski definition) is 5. The lowest BCUT2D eigenvalue weighted by molar-refractivity contribution is 0.355. The molecular weight excluding hydrogens is 292 g/mol. The highest BCUT2D eigenvalue weighted by molar-refractivity contribution is 5.76. The summed E-state index contributed by atoms with van der Waals surface area (Å²) in [5.41, 5.74) is 4.48. The van der Waals surface area contributed by atoms with Crippen LogP contribution in [-0.4, -0.2) is 27.9 Å². The molecule has 0 saturated heterocycles. The molecule has 122 valence electrons. The Morgan fingerprint density at radius 3 is 2.43 bits per heavy atom. The smallest absolute Gasteiger partial charge is 0.184 e. The van der Waals surface area contributed by atoms with Crippen molar-refractivity contribution in [3.05, 3.63) is 41.5 Å². The maximum atomic E-state index is 5.62. The van der Waals surface area contributed by atoms with Gasteiger partial charge in [-0.05, 0) is 54.4 Å². The van der Waals surface area contributed by atoms with Crippen LogP contribution in [0.1, 0.15) is 11.1 Å². The summed E-state index contributed by atoms with van der Waals surface area (Å²) in [7, 11) is 5.00. The number of methoxy groups -OCH3 is 3. The summed E-state index contributed by atoms with van der Waals surface area (Å²) in [6.07, 6.45) is 0.953. The van der Waals surface area contributed by atoms with Crippen molar-refractivity contribution in [2.24, 2.45) is 0 Å². The molecule has 2 aromatic carbocycles. The number of rotatable bonds is 5. The highest BCUT2D eigenvalue weighted by Gasteiger charge is 2.21. The molecule has 1 heterocycles. The maximum absolute atomic E-state index is 5.62. The second kappa shape index (κ2) is 6.79. The number of nitrogens with one attached hydrogen (secondary N) is 2. The van der Waals surface area contributed by atoms with Crippen molar-refractivity contribution in [3.8, 4) is 17.2 Å². The maximum Gasteiger partial charge on any atom is 0.184 e. The summed E-state index contributed by atoms with van der Waals surface area (Å²) in [6.45, 7) is 1.80. The number of benzene rings is 2. The molecule has 1 aliphatic rings. The highest BCUT2D eigenvalue weighted by Crippen LogP contribution is 2.42. The molecule has 0 saturated carbocycles. The Balaban J connectivity index is 2.04. The number of ether oxygens (including phenoxy) is 3. The van der Waals surface area contributed by atoms with Crippen molar-refractivity contribution in [1.29, 1.82) is 0 Å². The fourth-order valence-corrected chi connectivity index (χ4v) is 2.92. The largest absolute Gasteiger partial charge is 0.497 e. The van der Waals surface area contributed by atoms with E-state index in [0.717, 1.165) is 48.1 Å². The molecule has 0 aromatic heterocycles. The molecule has 23 heavy (non-hydrogen) atoms. The number of anilines is 2. The van der Waals surface area contributed by atoms with E-state index in [9.17, 15) is 0 Å². The third-order valence-corrected chi connectivity index (χ3v) is 4.10. The lowest BCUT2D eigenvalue weighted by atomic mass is 9.97. The minimum absolute atomic E-state index is 0.740. The van der Waals surface area contributed by atoms with Crippen LogP contribution in [-0.2, 0) is 13.0 Å². The predicted molar refractivity (Wildman–Crippen MR) is 91.2 cm³/mol. The van der Waals surface area contributed by atoms with Crippen molar-refractivity contribution in [2.45, 2.75) is 13.0 Å². The van der Waals surface area contributed by atoms with Gasteiger partial charge in [-0.2, -0.15) is 0 Å². The Bertz CT molecular complexity index is 669. The summed E-state index contributed by atoms with van der Waals surface area (Å²) < 4.78 is 16.3. The van der Waals surface area contributed by atoms with Gasteiger partial charge < -0.3 is 24.8 Å². The zero-order valence-electron chi connectivity index (χ0n) is 13.7. The van der Waals surface area contributed by atoms with Gasteiger partial charge in [-0.3, -0.25) is 0 Å². The second-order valence-electron chi connectivity index (χ2n) is 5.41. The zero-order chi connectivity index (χ0) is 16.2. The average Bonchev–Trinajstić information content (AvgIpc) is 2.62. The summed E-state index contributed by atoms with van der Waals surface area (Å²) >= 11 is 0. The van der Waals surface area contributed by atoms with Gasteiger partial charge >= 0.3 is 0 Å². The molecule has 0 atom stereocenters. The lowest BCUT2D eigenvalue weighted by Gasteiger charge is -2.25. The van der Waals surface area contributed by atoms with Crippen LogP contribution in [0.4, 0.5) is 11.4 Å². The van der Waals surface area contributed by atoms with Crippen LogP contribution >= 0.6 is 0 Å². The van der Waals surface area contributed by atoms with Gasteiger partial charge in [-0.1, -0.05) is 0 Å². The fourth-order valence-electron chi connectivity index (χ4n) is 2.92. The Morgan fingerprint density at radius 1 is 1.00 bits per heavy atom.